The molecular weight excluding hydrogens is 250 g/mol. The first-order valence-corrected chi connectivity index (χ1v) is 6.02. The van der Waals surface area contributed by atoms with Gasteiger partial charge in [-0.25, -0.2) is 9.78 Å². The zero-order valence-electron chi connectivity index (χ0n) is 9.66. The summed E-state index contributed by atoms with van der Waals surface area (Å²) in [6.45, 7) is 0. The first-order valence-electron chi connectivity index (χ1n) is 5.20. The second-order valence-corrected chi connectivity index (χ2v) is 4.61. The molecule has 0 aliphatic heterocycles. The van der Waals surface area contributed by atoms with E-state index in [2.05, 4.69) is 4.98 Å². The molecule has 1 N–H and O–H groups in total. The van der Waals surface area contributed by atoms with Crippen molar-refractivity contribution in [2.24, 2.45) is 0 Å². The van der Waals surface area contributed by atoms with E-state index >= 15 is 0 Å². The van der Waals surface area contributed by atoms with Crippen LogP contribution in [0.25, 0.3) is 0 Å². The number of carbonyl (C=O) groups is 1. The molecule has 0 aliphatic carbocycles. The van der Waals surface area contributed by atoms with Gasteiger partial charge in [0.25, 0.3) is 0 Å². The second kappa shape index (κ2) is 5.55. The molecule has 0 amide bonds. The molecular formula is C13H11NO3S. The van der Waals surface area contributed by atoms with E-state index in [1.165, 1.54) is 18.0 Å². The van der Waals surface area contributed by atoms with Crippen molar-refractivity contribution in [3.05, 3.63) is 48.3 Å². The number of aromatic nitrogens is 1. The Morgan fingerprint density at radius 3 is 2.78 bits per heavy atom. The molecule has 5 heteroatoms. The van der Waals surface area contributed by atoms with E-state index in [0.29, 0.717) is 0 Å². The lowest BCUT2D eigenvalue weighted by molar-refractivity contribution is 0.0690. The smallest absolute Gasteiger partial charge is 0.354 e. The van der Waals surface area contributed by atoms with Crippen LogP contribution in [0.5, 0.6) is 5.75 Å². The molecule has 1 aromatic carbocycles. The lowest BCUT2D eigenvalue weighted by Crippen LogP contribution is -1.99. The van der Waals surface area contributed by atoms with Crippen molar-refractivity contribution < 1.29 is 14.6 Å². The number of benzene rings is 1. The Morgan fingerprint density at radius 1 is 1.28 bits per heavy atom. The van der Waals surface area contributed by atoms with Crippen molar-refractivity contribution in [3.8, 4) is 5.75 Å². The van der Waals surface area contributed by atoms with E-state index in [4.69, 9.17) is 9.84 Å². The predicted molar refractivity (Wildman–Crippen MR) is 68.3 cm³/mol. The fraction of sp³-hybridized carbons (Fsp3) is 0.0769. The minimum atomic E-state index is -1.02. The Kier molecular flexibility index (Phi) is 3.84. The van der Waals surface area contributed by atoms with E-state index in [1.807, 2.05) is 24.3 Å². The van der Waals surface area contributed by atoms with Crippen molar-refractivity contribution in [2.45, 2.75) is 9.79 Å². The highest BCUT2D eigenvalue weighted by atomic mass is 32.2. The van der Waals surface area contributed by atoms with Gasteiger partial charge in [-0.2, -0.15) is 0 Å². The van der Waals surface area contributed by atoms with Crippen LogP contribution >= 0.6 is 11.8 Å². The molecule has 92 valence electrons. The Labute approximate surface area is 109 Å². The number of carboxylic acids is 1. The third kappa shape index (κ3) is 3.01. The summed E-state index contributed by atoms with van der Waals surface area (Å²) >= 11 is 1.47. The monoisotopic (exact) mass is 261 g/mol. The molecule has 0 atom stereocenters. The Balaban J connectivity index is 2.22. The zero-order valence-corrected chi connectivity index (χ0v) is 10.5. The normalized spacial score (nSPS) is 10.1. The maximum Gasteiger partial charge on any atom is 0.354 e. The number of hydrogen-bond donors (Lipinski definition) is 1. The first-order chi connectivity index (χ1) is 8.69. The summed E-state index contributed by atoms with van der Waals surface area (Å²) in [7, 11) is 1.61. The van der Waals surface area contributed by atoms with Crippen molar-refractivity contribution >= 4 is 17.7 Å². The maximum atomic E-state index is 10.8. The predicted octanol–water partition coefficient (Wildman–Crippen LogP) is 2.94. The molecule has 0 fully saturated rings. The highest BCUT2D eigenvalue weighted by Gasteiger charge is 2.06. The number of nitrogens with zero attached hydrogens (tertiary/aromatic N) is 1. The van der Waals surface area contributed by atoms with Crippen LogP contribution in [0.4, 0.5) is 0 Å². The van der Waals surface area contributed by atoms with Crippen LogP contribution in [0, 0.1) is 0 Å². The summed E-state index contributed by atoms with van der Waals surface area (Å²) in [4.78, 5) is 16.4. The van der Waals surface area contributed by atoms with Gasteiger partial charge in [-0.05, 0) is 30.3 Å². The molecule has 18 heavy (non-hydrogen) atoms. The molecule has 0 bridgehead atoms. The molecule has 0 aliphatic rings. The molecule has 2 aromatic rings. The van der Waals surface area contributed by atoms with Crippen LogP contribution in [-0.4, -0.2) is 23.2 Å². The molecule has 1 aromatic heterocycles. The van der Waals surface area contributed by atoms with Crippen molar-refractivity contribution in [1.29, 1.82) is 0 Å². The first kappa shape index (κ1) is 12.4. The van der Waals surface area contributed by atoms with Crippen molar-refractivity contribution in [2.75, 3.05) is 7.11 Å². The van der Waals surface area contributed by atoms with Gasteiger partial charge in [-0.15, -0.1) is 0 Å². The molecule has 0 saturated carbocycles. The van der Waals surface area contributed by atoms with Gasteiger partial charge in [-0.3, -0.25) is 0 Å². The minimum Gasteiger partial charge on any atom is -0.497 e. The van der Waals surface area contributed by atoms with Gasteiger partial charge in [0.1, 0.15) is 11.4 Å². The average Bonchev–Trinajstić information content (AvgIpc) is 2.39. The van der Waals surface area contributed by atoms with Crippen LogP contribution < -0.4 is 4.74 Å². The molecule has 0 unspecified atom stereocenters. The lowest BCUT2D eigenvalue weighted by atomic mass is 10.3. The molecule has 1 heterocycles. The van der Waals surface area contributed by atoms with E-state index < -0.39 is 5.97 Å². The van der Waals surface area contributed by atoms with Gasteiger partial charge in [0.15, 0.2) is 0 Å². The van der Waals surface area contributed by atoms with Gasteiger partial charge >= 0.3 is 5.97 Å². The quantitative estimate of drug-likeness (QED) is 0.917. The molecule has 0 radical (unpaired) electrons. The van der Waals surface area contributed by atoms with Crippen molar-refractivity contribution in [1.82, 2.24) is 4.98 Å². The number of aromatic carboxylic acids is 1. The Hall–Kier alpha value is -2.01. The number of ether oxygens (including phenoxy) is 1. The van der Waals surface area contributed by atoms with Crippen LogP contribution in [0.15, 0.2) is 52.4 Å². The minimum absolute atomic E-state index is 0.0443. The van der Waals surface area contributed by atoms with Gasteiger partial charge in [0.05, 0.1) is 7.11 Å². The average molecular weight is 261 g/mol. The van der Waals surface area contributed by atoms with E-state index in [0.717, 1.165) is 15.5 Å². The highest BCUT2D eigenvalue weighted by Crippen LogP contribution is 2.29. The Bertz CT molecular complexity index is 572. The summed E-state index contributed by atoms with van der Waals surface area (Å²) in [5.74, 6) is -0.254. The zero-order chi connectivity index (χ0) is 13.0. The van der Waals surface area contributed by atoms with Crippen LogP contribution in [0.3, 0.4) is 0 Å². The SMILES string of the molecule is COc1cccc(Sc2ccnc(C(=O)O)c2)c1. The number of rotatable bonds is 4. The maximum absolute atomic E-state index is 10.8. The van der Waals surface area contributed by atoms with E-state index in [-0.39, 0.29) is 5.69 Å². The van der Waals surface area contributed by atoms with Crippen molar-refractivity contribution in [3.63, 3.8) is 0 Å². The summed E-state index contributed by atoms with van der Waals surface area (Å²) < 4.78 is 5.13. The summed E-state index contributed by atoms with van der Waals surface area (Å²) in [6, 6.07) is 10.9. The largest absolute Gasteiger partial charge is 0.497 e. The third-order valence-electron chi connectivity index (χ3n) is 2.23. The number of pyridine rings is 1. The van der Waals surface area contributed by atoms with Gasteiger partial charge in [0.2, 0.25) is 0 Å². The van der Waals surface area contributed by atoms with Crippen LogP contribution in [0.1, 0.15) is 10.5 Å². The topological polar surface area (TPSA) is 59.4 Å². The second-order valence-electron chi connectivity index (χ2n) is 3.46. The van der Waals surface area contributed by atoms with E-state index in [9.17, 15) is 4.79 Å². The molecule has 0 spiro atoms. The lowest BCUT2D eigenvalue weighted by Gasteiger charge is -2.04. The summed E-state index contributed by atoms with van der Waals surface area (Å²) in [6.07, 6.45) is 1.49. The standard InChI is InChI=1S/C13H11NO3S/c1-17-9-3-2-4-10(7-9)18-11-5-6-14-12(8-11)13(15)16/h2-8H,1H3,(H,15,16). The molecule has 2 rings (SSSR count). The van der Waals surface area contributed by atoms with Crippen LogP contribution in [0.2, 0.25) is 0 Å². The van der Waals surface area contributed by atoms with Gasteiger partial charge in [-0.1, -0.05) is 17.8 Å². The van der Waals surface area contributed by atoms with Gasteiger partial charge in [0, 0.05) is 16.0 Å². The molecule has 4 nitrogen and oxygen atoms in total. The summed E-state index contributed by atoms with van der Waals surface area (Å²) in [5, 5.41) is 8.87. The van der Waals surface area contributed by atoms with Gasteiger partial charge < -0.3 is 9.84 Å². The third-order valence-corrected chi connectivity index (χ3v) is 3.21. The fourth-order valence-electron chi connectivity index (χ4n) is 1.39. The highest BCUT2D eigenvalue weighted by molar-refractivity contribution is 7.99. The number of carboxylic acid groups (broad SMARTS) is 1. The number of methoxy groups -OCH3 is 1. The van der Waals surface area contributed by atoms with Crippen LogP contribution in [-0.2, 0) is 0 Å². The Morgan fingerprint density at radius 2 is 2.06 bits per heavy atom. The fourth-order valence-corrected chi connectivity index (χ4v) is 2.29. The number of hydrogen-bond acceptors (Lipinski definition) is 4. The molecule has 0 saturated heterocycles. The summed E-state index contributed by atoms with van der Waals surface area (Å²) in [5.41, 5.74) is 0.0443. The van der Waals surface area contributed by atoms with E-state index in [1.54, 1.807) is 19.2 Å².